The maximum Gasteiger partial charge on any atom is 0.416 e. The van der Waals surface area contributed by atoms with E-state index in [1.54, 1.807) is 24.4 Å². The van der Waals surface area contributed by atoms with E-state index in [9.17, 15) is 21.6 Å². The van der Waals surface area contributed by atoms with Crippen LogP contribution in [0.15, 0.2) is 48.7 Å². The zero-order valence-corrected chi connectivity index (χ0v) is 17.5. The fourth-order valence-corrected chi connectivity index (χ4v) is 5.14. The number of nitrogens with one attached hydrogen (secondary N) is 2. The van der Waals surface area contributed by atoms with Crippen molar-refractivity contribution in [1.82, 2.24) is 4.98 Å². The van der Waals surface area contributed by atoms with Crippen molar-refractivity contribution in [2.45, 2.75) is 31.9 Å². The lowest BCUT2D eigenvalue weighted by Gasteiger charge is -2.24. The van der Waals surface area contributed by atoms with Crippen molar-refractivity contribution in [3.05, 3.63) is 59.8 Å². The number of anilines is 1. The number of hydrogen-bond acceptors (Lipinski definition) is 3. The lowest BCUT2D eigenvalue weighted by atomic mass is 9.87. The van der Waals surface area contributed by atoms with E-state index in [0.717, 1.165) is 42.5 Å². The molecule has 1 aromatic heterocycles. The van der Waals surface area contributed by atoms with E-state index in [4.69, 9.17) is 4.74 Å². The number of halogens is 3. The summed E-state index contributed by atoms with van der Waals surface area (Å²) >= 11 is 0. The number of alkyl halides is 3. The van der Waals surface area contributed by atoms with Crippen molar-refractivity contribution in [2.75, 3.05) is 17.1 Å². The van der Waals surface area contributed by atoms with Crippen LogP contribution in [0, 0.1) is 5.92 Å². The second kappa shape index (κ2) is 8.45. The highest BCUT2D eigenvalue weighted by Gasteiger charge is 2.30. The maximum absolute atomic E-state index is 12.6. The fraction of sp³-hybridized carbons (Fsp3) is 0.364. The van der Waals surface area contributed by atoms with Gasteiger partial charge in [0.2, 0.25) is 10.0 Å². The molecule has 0 spiro atoms. The highest BCUT2D eigenvalue weighted by molar-refractivity contribution is 7.92. The standard InChI is InChI=1S/C22H23F3N2O3S/c23-22(24,25)17-6-4-15(5-7-17)10-11-30-18-8-9-20-19(12-18)21(13-26-20)27-31(28,29)14-16-2-1-3-16/h4-9,12-13,16,26-27H,1-3,10-11,14H2. The highest BCUT2D eigenvalue weighted by atomic mass is 32.2. The molecule has 3 aromatic rings. The molecule has 0 atom stereocenters. The number of H-pyrrole nitrogens is 1. The molecule has 4 rings (SSSR count). The van der Waals surface area contributed by atoms with E-state index >= 15 is 0 Å². The molecule has 0 unspecified atom stereocenters. The van der Waals surface area contributed by atoms with Crippen LogP contribution in [0.5, 0.6) is 5.75 Å². The molecule has 166 valence electrons. The van der Waals surface area contributed by atoms with Crippen LogP contribution in [0.4, 0.5) is 18.9 Å². The molecule has 0 aliphatic heterocycles. The molecule has 0 bridgehead atoms. The smallest absolute Gasteiger partial charge is 0.416 e. The first kappa shape index (κ1) is 21.5. The number of hydrogen-bond donors (Lipinski definition) is 2. The number of ether oxygens (including phenoxy) is 1. The van der Waals surface area contributed by atoms with Gasteiger partial charge in [0.15, 0.2) is 0 Å². The number of sulfonamides is 1. The van der Waals surface area contributed by atoms with Crippen LogP contribution in [-0.4, -0.2) is 25.8 Å². The van der Waals surface area contributed by atoms with Gasteiger partial charge in [-0.3, -0.25) is 4.72 Å². The summed E-state index contributed by atoms with van der Waals surface area (Å²) in [7, 11) is -3.43. The normalized spacial score (nSPS) is 15.1. The molecule has 1 fully saturated rings. The molecule has 2 N–H and O–H groups in total. The van der Waals surface area contributed by atoms with Gasteiger partial charge in [0.25, 0.3) is 0 Å². The van der Waals surface area contributed by atoms with Gasteiger partial charge < -0.3 is 9.72 Å². The Balaban J connectivity index is 1.39. The Morgan fingerprint density at radius 2 is 1.84 bits per heavy atom. The van der Waals surface area contributed by atoms with Gasteiger partial charge in [0.05, 0.1) is 23.6 Å². The highest BCUT2D eigenvalue weighted by Crippen LogP contribution is 2.31. The van der Waals surface area contributed by atoms with Gasteiger partial charge in [-0.25, -0.2) is 8.42 Å². The Bertz CT molecular complexity index is 1150. The van der Waals surface area contributed by atoms with Crippen LogP contribution in [0.25, 0.3) is 10.9 Å². The minimum absolute atomic E-state index is 0.128. The van der Waals surface area contributed by atoms with Crippen LogP contribution >= 0.6 is 0 Å². The number of benzene rings is 2. The summed E-state index contributed by atoms with van der Waals surface area (Å²) in [5.74, 6) is 0.911. The van der Waals surface area contributed by atoms with E-state index in [1.807, 2.05) is 0 Å². The average Bonchev–Trinajstić information content (AvgIpc) is 3.06. The third kappa shape index (κ3) is 5.33. The Labute approximate surface area is 178 Å². The summed E-state index contributed by atoms with van der Waals surface area (Å²) in [5, 5.41) is 0.698. The van der Waals surface area contributed by atoms with Gasteiger partial charge in [-0.05, 0) is 54.7 Å². The lowest BCUT2D eigenvalue weighted by molar-refractivity contribution is -0.137. The van der Waals surface area contributed by atoms with Crippen molar-refractivity contribution in [1.29, 1.82) is 0 Å². The van der Waals surface area contributed by atoms with Crippen molar-refractivity contribution in [3.63, 3.8) is 0 Å². The van der Waals surface area contributed by atoms with Gasteiger partial charge >= 0.3 is 6.18 Å². The Kier molecular flexibility index (Phi) is 5.88. The second-order valence-corrected chi connectivity index (χ2v) is 9.65. The molecule has 1 aliphatic carbocycles. The fourth-order valence-electron chi connectivity index (χ4n) is 3.60. The van der Waals surface area contributed by atoms with E-state index in [1.165, 1.54) is 12.1 Å². The molecule has 0 amide bonds. The number of aromatic amines is 1. The first-order valence-electron chi connectivity index (χ1n) is 10.1. The number of fused-ring (bicyclic) bond motifs is 1. The third-order valence-electron chi connectivity index (χ3n) is 5.54. The lowest BCUT2D eigenvalue weighted by Crippen LogP contribution is -2.26. The summed E-state index contributed by atoms with van der Waals surface area (Å²) in [6.07, 6.45) is 0.704. The van der Waals surface area contributed by atoms with Crippen LogP contribution in [0.1, 0.15) is 30.4 Å². The van der Waals surface area contributed by atoms with Crippen molar-refractivity contribution < 1.29 is 26.3 Å². The average molecular weight is 452 g/mol. The first-order valence-corrected chi connectivity index (χ1v) is 11.8. The summed E-state index contributed by atoms with van der Waals surface area (Å²) in [4.78, 5) is 3.04. The zero-order chi connectivity index (χ0) is 22.1. The second-order valence-electron chi connectivity index (χ2n) is 7.88. The largest absolute Gasteiger partial charge is 0.493 e. The molecular weight excluding hydrogens is 429 g/mol. The summed E-state index contributed by atoms with van der Waals surface area (Å²) in [6, 6.07) is 10.3. The molecule has 1 saturated carbocycles. The van der Waals surface area contributed by atoms with Crippen LogP contribution in [0.2, 0.25) is 0 Å². The van der Waals surface area contributed by atoms with E-state index in [-0.39, 0.29) is 18.3 Å². The van der Waals surface area contributed by atoms with E-state index in [2.05, 4.69) is 9.71 Å². The molecule has 1 aliphatic rings. The van der Waals surface area contributed by atoms with Gasteiger partial charge in [0, 0.05) is 23.5 Å². The van der Waals surface area contributed by atoms with Crippen molar-refractivity contribution >= 4 is 26.6 Å². The summed E-state index contributed by atoms with van der Waals surface area (Å²) < 4.78 is 71.2. The number of aromatic nitrogens is 1. The van der Waals surface area contributed by atoms with Crippen LogP contribution < -0.4 is 9.46 Å². The maximum atomic E-state index is 12.6. The van der Waals surface area contributed by atoms with Gasteiger partial charge in [0.1, 0.15) is 5.75 Å². The Morgan fingerprint density at radius 1 is 1.10 bits per heavy atom. The zero-order valence-electron chi connectivity index (χ0n) is 16.7. The van der Waals surface area contributed by atoms with Gasteiger partial charge in [-0.15, -0.1) is 0 Å². The molecular formula is C22H23F3N2O3S. The minimum Gasteiger partial charge on any atom is -0.493 e. The first-order chi connectivity index (χ1) is 14.7. The molecule has 31 heavy (non-hydrogen) atoms. The van der Waals surface area contributed by atoms with Crippen LogP contribution in [0.3, 0.4) is 0 Å². The van der Waals surface area contributed by atoms with Crippen LogP contribution in [-0.2, 0) is 22.6 Å². The van der Waals surface area contributed by atoms with E-state index in [0.29, 0.717) is 23.2 Å². The van der Waals surface area contributed by atoms with E-state index < -0.39 is 21.8 Å². The molecule has 0 saturated heterocycles. The Morgan fingerprint density at radius 3 is 2.48 bits per heavy atom. The quantitative estimate of drug-likeness (QED) is 0.484. The topological polar surface area (TPSA) is 71.2 Å². The third-order valence-corrected chi connectivity index (χ3v) is 6.98. The van der Waals surface area contributed by atoms with Crippen molar-refractivity contribution in [3.8, 4) is 5.75 Å². The monoisotopic (exact) mass is 452 g/mol. The molecule has 5 nitrogen and oxygen atoms in total. The minimum atomic E-state index is -4.35. The Hall–Kier alpha value is -2.68. The SMILES string of the molecule is O=S(=O)(CC1CCC1)Nc1c[nH]c2ccc(OCCc3ccc(C(F)(F)F)cc3)cc12. The van der Waals surface area contributed by atoms with Gasteiger partial charge in [-0.2, -0.15) is 13.2 Å². The predicted octanol–water partition coefficient (Wildman–Crippen LogP) is 5.35. The van der Waals surface area contributed by atoms with Gasteiger partial charge in [-0.1, -0.05) is 18.6 Å². The van der Waals surface area contributed by atoms with Crippen molar-refractivity contribution in [2.24, 2.45) is 5.92 Å². The molecule has 9 heteroatoms. The predicted molar refractivity (Wildman–Crippen MR) is 114 cm³/mol. The summed E-state index contributed by atoms with van der Waals surface area (Å²) in [6.45, 7) is 0.282. The number of rotatable bonds is 8. The molecule has 0 radical (unpaired) electrons. The molecule has 1 heterocycles. The molecule has 2 aromatic carbocycles. The summed E-state index contributed by atoms with van der Waals surface area (Å²) in [5.41, 5.74) is 1.31.